The molecule has 0 aromatic rings. The van der Waals surface area contributed by atoms with Crippen molar-refractivity contribution >= 4 is 19.8 Å². The van der Waals surface area contributed by atoms with E-state index in [1.165, 1.54) is 96.3 Å². The summed E-state index contributed by atoms with van der Waals surface area (Å²) in [7, 11) is -5.11. The van der Waals surface area contributed by atoms with Crippen LogP contribution in [0.4, 0.5) is 0 Å². The van der Waals surface area contributed by atoms with Crippen LogP contribution in [-0.2, 0) is 32.7 Å². The van der Waals surface area contributed by atoms with Gasteiger partial charge in [0.1, 0.15) is 43.2 Å². The Morgan fingerprint density at radius 2 is 0.944 bits per heavy atom. The Hall–Kier alpha value is -1.41. The van der Waals surface area contributed by atoms with Crippen LogP contribution in [0.3, 0.4) is 0 Å². The summed E-state index contributed by atoms with van der Waals surface area (Å²) in [5.74, 6) is -1.12. The summed E-state index contributed by atoms with van der Waals surface area (Å²) < 4.78 is 33.3. The van der Waals surface area contributed by atoms with E-state index >= 15 is 0 Å². The molecule has 0 aliphatic heterocycles. The quantitative estimate of drug-likeness (QED) is 0.0166. The summed E-state index contributed by atoms with van der Waals surface area (Å²) in [6, 6.07) is 0. The van der Waals surface area contributed by atoms with Crippen LogP contribution in [0.1, 0.15) is 174 Å². The number of ether oxygens (including phenoxy) is 2. The van der Waals surface area contributed by atoms with Gasteiger partial charge in [-0.25, -0.2) is 4.57 Å². The summed E-state index contributed by atoms with van der Waals surface area (Å²) in [6.07, 6.45) is 17.2. The third-order valence-corrected chi connectivity index (χ3v) is 10.8. The van der Waals surface area contributed by atoms with Crippen LogP contribution in [0.2, 0.25) is 0 Å². The molecule has 0 aromatic carbocycles. The normalized spacial score (nSPS) is 23.3. The lowest BCUT2D eigenvalue weighted by Gasteiger charge is -2.41. The number of carbonyl (C=O) groups is 2. The lowest BCUT2D eigenvalue weighted by atomic mass is 9.85. The van der Waals surface area contributed by atoms with Crippen molar-refractivity contribution in [2.24, 2.45) is 0 Å². The van der Waals surface area contributed by atoms with Crippen LogP contribution < -0.4 is 0 Å². The summed E-state index contributed by atoms with van der Waals surface area (Å²) in [6.45, 7) is 3.25. The highest BCUT2D eigenvalue weighted by Crippen LogP contribution is 2.47. The van der Waals surface area contributed by atoms with Crippen LogP contribution in [0.5, 0.6) is 0 Å². The lowest BCUT2D eigenvalue weighted by molar-refractivity contribution is -0.220. The second-order valence-electron chi connectivity index (χ2n) is 14.8. The lowest BCUT2D eigenvalue weighted by Crippen LogP contribution is -2.64. The number of unbranched alkanes of at least 4 members (excludes halogenated alkanes) is 20. The first-order valence-electron chi connectivity index (χ1n) is 21.0. The minimum atomic E-state index is -5.11. The first-order chi connectivity index (χ1) is 25.9. The second-order valence-corrected chi connectivity index (χ2v) is 16.3. The van der Waals surface area contributed by atoms with Crippen molar-refractivity contribution in [3.8, 4) is 0 Å². The molecule has 6 N–H and O–H groups in total. The standard InChI is InChI=1S/C40H75O13P/c1-3-5-7-9-11-13-15-16-17-18-19-21-23-25-27-29-34(42)52-32(30-50-33(41)28-26-24-22-20-14-12-10-8-6-4-2)31-51-54(48,49)53-40-38(46)36(44)35(43)37(45)39(40)47/h19,21,32,35-40,43-47H,3-18,20,22-31H2,1-2H3,(H,48,49)/b21-19+/t32-,35?,36-,37?,38?,39?,40?/m1/s1. The maximum atomic E-state index is 12.7. The highest BCUT2D eigenvalue weighted by atomic mass is 31.2. The maximum absolute atomic E-state index is 12.7. The molecule has 54 heavy (non-hydrogen) atoms. The van der Waals surface area contributed by atoms with E-state index in [2.05, 4.69) is 26.0 Å². The van der Waals surface area contributed by atoms with Gasteiger partial charge in [0, 0.05) is 12.8 Å². The monoisotopic (exact) mass is 794 g/mol. The minimum Gasteiger partial charge on any atom is -0.462 e. The molecule has 0 bridgehead atoms. The van der Waals surface area contributed by atoms with E-state index in [0.717, 1.165) is 38.5 Å². The van der Waals surface area contributed by atoms with Crippen molar-refractivity contribution in [3.05, 3.63) is 12.2 Å². The zero-order valence-electron chi connectivity index (χ0n) is 33.3. The molecule has 8 atom stereocenters. The summed E-state index contributed by atoms with van der Waals surface area (Å²) >= 11 is 0. The number of phosphoric ester groups is 1. The Balaban J connectivity index is 2.52. The fraction of sp³-hybridized carbons (Fsp3) is 0.900. The van der Waals surface area contributed by atoms with Crippen LogP contribution >= 0.6 is 7.82 Å². The number of carbonyl (C=O) groups excluding carboxylic acids is 2. The number of aliphatic hydroxyl groups is 5. The molecule has 0 heterocycles. The van der Waals surface area contributed by atoms with E-state index in [-0.39, 0.29) is 12.8 Å². The van der Waals surface area contributed by atoms with E-state index in [1.54, 1.807) is 0 Å². The summed E-state index contributed by atoms with van der Waals surface area (Å²) in [5, 5.41) is 50.0. The SMILES string of the molecule is CCCCCCCCCCC/C=C/CCCCC(=O)O[C@H](COC(=O)CCCCCCCCCCCC)COP(=O)(O)OC1C(O)C(O)C(O)[C@@H](O)C1O. The van der Waals surface area contributed by atoms with E-state index in [9.17, 15) is 44.6 Å². The third-order valence-electron chi connectivity index (χ3n) is 9.86. The highest BCUT2D eigenvalue weighted by Gasteiger charge is 2.51. The first kappa shape index (κ1) is 50.6. The number of allylic oxidation sites excluding steroid dienone is 2. The molecular weight excluding hydrogens is 719 g/mol. The Labute approximate surface area is 324 Å². The van der Waals surface area contributed by atoms with Crippen LogP contribution in [0.25, 0.3) is 0 Å². The molecule has 1 saturated carbocycles. The van der Waals surface area contributed by atoms with Crippen LogP contribution in [0, 0.1) is 0 Å². The molecule has 1 aliphatic carbocycles. The molecule has 0 amide bonds. The van der Waals surface area contributed by atoms with E-state index < -0.39 is 75.7 Å². The van der Waals surface area contributed by atoms with Gasteiger partial charge in [-0.3, -0.25) is 18.6 Å². The Morgan fingerprint density at radius 3 is 1.44 bits per heavy atom. The molecule has 1 fully saturated rings. The topological polar surface area (TPSA) is 210 Å². The fourth-order valence-electron chi connectivity index (χ4n) is 6.40. The molecule has 14 heteroatoms. The predicted molar refractivity (Wildman–Crippen MR) is 207 cm³/mol. The number of rotatable bonds is 34. The maximum Gasteiger partial charge on any atom is 0.472 e. The number of hydrogen-bond donors (Lipinski definition) is 6. The smallest absolute Gasteiger partial charge is 0.462 e. The number of esters is 2. The van der Waals surface area contributed by atoms with Gasteiger partial charge in [-0.05, 0) is 38.5 Å². The van der Waals surface area contributed by atoms with Gasteiger partial charge in [-0.2, -0.15) is 0 Å². The Morgan fingerprint density at radius 1 is 0.556 bits per heavy atom. The predicted octanol–water partition coefficient (Wildman–Crippen LogP) is 7.11. The molecule has 1 rings (SSSR count). The fourth-order valence-corrected chi connectivity index (χ4v) is 7.37. The van der Waals surface area contributed by atoms with Gasteiger partial charge in [0.15, 0.2) is 6.10 Å². The van der Waals surface area contributed by atoms with Crippen molar-refractivity contribution in [2.45, 2.75) is 217 Å². The molecule has 318 valence electrons. The van der Waals surface area contributed by atoms with Gasteiger partial charge in [0.05, 0.1) is 6.61 Å². The molecule has 0 aromatic heterocycles. The number of hydrogen-bond acceptors (Lipinski definition) is 12. The van der Waals surface area contributed by atoms with Crippen molar-refractivity contribution in [2.75, 3.05) is 13.2 Å². The molecular formula is C40H75O13P. The minimum absolute atomic E-state index is 0.0704. The van der Waals surface area contributed by atoms with Crippen LogP contribution in [-0.4, -0.2) is 98.3 Å². The van der Waals surface area contributed by atoms with E-state index in [1.807, 2.05) is 0 Å². The molecule has 0 radical (unpaired) electrons. The Kier molecular flexibility index (Phi) is 29.7. The van der Waals surface area contributed by atoms with Gasteiger partial charge in [0.25, 0.3) is 0 Å². The summed E-state index contributed by atoms with van der Waals surface area (Å²) in [4.78, 5) is 35.5. The molecule has 1 aliphatic rings. The molecule has 0 saturated heterocycles. The average Bonchev–Trinajstić information content (AvgIpc) is 3.15. The highest BCUT2D eigenvalue weighted by molar-refractivity contribution is 7.47. The Bertz CT molecular complexity index is 1010. The largest absolute Gasteiger partial charge is 0.472 e. The van der Waals surface area contributed by atoms with Gasteiger partial charge in [-0.1, -0.05) is 135 Å². The van der Waals surface area contributed by atoms with Crippen LogP contribution in [0.15, 0.2) is 12.2 Å². The first-order valence-corrected chi connectivity index (χ1v) is 22.5. The molecule has 13 nitrogen and oxygen atoms in total. The molecule has 6 unspecified atom stereocenters. The third kappa shape index (κ3) is 24.3. The zero-order chi connectivity index (χ0) is 40.0. The number of aliphatic hydroxyl groups excluding tert-OH is 5. The van der Waals surface area contributed by atoms with Gasteiger partial charge >= 0.3 is 19.8 Å². The average molecular weight is 795 g/mol. The zero-order valence-corrected chi connectivity index (χ0v) is 34.2. The van der Waals surface area contributed by atoms with E-state index in [4.69, 9.17) is 18.5 Å². The second kappa shape index (κ2) is 31.6. The van der Waals surface area contributed by atoms with Crippen molar-refractivity contribution in [3.63, 3.8) is 0 Å². The van der Waals surface area contributed by atoms with Crippen molar-refractivity contribution in [1.82, 2.24) is 0 Å². The summed E-state index contributed by atoms with van der Waals surface area (Å²) in [5.41, 5.74) is 0. The van der Waals surface area contributed by atoms with E-state index in [0.29, 0.717) is 12.8 Å². The van der Waals surface area contributed by atoms with Crippen molar-refractivity contribution < 1.29 is 63.1 Å². The van der Waals surface area contributed by atoms with Gasteiger partial charge < -0.3 is 39.9 Å². The van der Waals surface area contributed by atoms with Gasteiger partial charge in [0.2, 0.25) is 0 Å². The number of phosphoric acid groups is 1. The van der Waals surface area contributed by atoms with Crippen molar-refractivity contribution in [1.29, 1.82) is 0 Å². The van der Waals surface area contributed by atoms with Gasteiger partial charge in [-0.15, -0.1) is 0 Å². The molecule has 0 spiro atoms.